The lowest BCUT2D eigenvalue weighted by molar-refractivity contribution is -0.114. The maximum Gasteiger partial charge on any atom is 0.270 e. The number of carbonyl (C=O) groups excluding carboxylic acids is 2. The second kappa shape index (κ2) is 6.95. The number of carbonyl (C=O) groups is 2. The van der Waals surface area contributed by atoms with Crippen molar-refractivity contribution < 1.29 is 14.0 Å². The van der Waals surface area contributed by atoms with E-state index >= 15 is 0 Å². The quantitative estimate of drug-likeness (QED) is 0.909. The third-order valence-corrected chi connectivity index (χ3v) is 5.10. The van der Waals surface area contributed by atoms with Gasteiger partial charge in [0.1, 0.15) is 11.5 Å². The minimum atomic E-state index is -0.360. The number of halogens is 1. The minimum Gasteiger partial charge on any atom is -0.348 e. The summed E-state index contributed by atoms with van der Waals surface area (Å²) in [6.45, 7) is 2.34. The van der Waals surface area contributed by atoms with Crippen LogP contribution < -0.4 is 10.2 Å². The smallest absolute Gasteiger partial charge is 0.270 e. The SMILES string of the molecule is Cc1cccc(C(=O)NC2CCC3=C(C2)C(=O)N(c2cccc(F)c2)C3)n1. The highest BCUT2D eigenvalue weighted by Gasteiger charge is 2.35. The van der Waals surface area contributed by atoms with Crippen molar-refractivity contribution in [3.05, 3.63) is 70.8 Å². The molecule has 0 fully saturated rings. The second-order valence-electron chi connectivity index (χ2n) is 7.03. The molecule has 0 saturated carbocycles. The number of aryl methyl sites for hydroxylation is 1. The lowest BCUT2D eigenvalue weighted by Gasteiger charge is -2.23. The first-order valence-corrected chi connectivity index (χ1v) is 9.04. The molecule has 138 valence electrons. The van der Waals surface area contributed by atoms with Gasteiger partial charge >= 0.3 is 0 Å². The number of hydrogen-bond acceptors (Lipinski definition) is 3. The Kier molecular flexibility index (Phi) is 4.48. The molecular weight excluding hydrogens is 345 g/mol. The number of rotatable bonds is 3. The number of amides is 2. The summed E-state index contributed by atoms with van der Waals surface area (Å²) in [5, 5.41) is 2.99. The molecule has 4 rings (SSSR count). The summed E-state index contributed by atoms with van der Waals surface area (Å²) in [5.74, 6) is -0.677. The highest BCUT2D eigenvalue weighted by atomic mass is 19.1. The Bertz CT molecular complexity index is 954. The molecule has 1 aliphatic carbocycles. The first kappa shape index (κ1) is 17.4. The lowest BCUT2D eigenvalue weighted by atomic mass is 9.89. The summed E-state index contributed by atoms with van der Waals surface area (Å²) >= 11 is 0. The van der Waals surface area contributed by atoms with Crippen molar-refractivity contribution in [3.63, 3.8) is 0 Å². The minimum absolute atomic E-state index is 0.0942. The number of nitrogens with one attached hydrogen (secondary N) is 1. The van der Waals surface area contributed by atoms with Gasteiger partial charge in [-0.25, -0.2) is 9.37 Å². The highest BCUT2D eigenvalue weighted by molar-refractivity contribution is 6.09. The fourth-order valence-corrected chi connectivity index (χ4v) is 3.74. The van der Waals surface area contributed by atoms with Crippen LogP contribution in [0, 0.1) is 12.7 Å². The number of benzene rings is 1. The first-order valence-electron chi connectivity index (χ1n) is 9.04. The number of aromatic nitrogens is 1. The van der Waals surface area contributed by atoms with E-state index in [0.29, 0.717) is 24.3 Å². The van der Waals surface area contributed by atoms with Gasteiger partial charge in [-0.1, -0.05) is 12.1 Å². The molecule has 0 spiro atoms. The Labute approximate surface area is 156 Å². The lowest BCUT2D eigenvalue weighted by Crippen LogP contribution is -2.37. The van der Waals surface area contributed by atoms with Crippen LogP contribution in [0.25, 0.3) is 0 Å². The second-order valence-corrected chi connectivity index (χ2v) is 7.03. The van der Waals surface area contributed by atoms with Crippen LogP contribution in [-0.4, -0.2) is 29.4 Å². The monoisotopic (exact) mass is 365 g/mol. The molecule has 27 heavy (non-hydrogen) atoms. The van der Waals surface area contributed by atoms with Crippen LogP contribution in [0.4, 0.5) is 10.1 Å². The molecule has 2 amide bonds. The van der Waals surface area contributed by atoms with Gasteiger partial charge in [0.15, 0.2) is 0 Å². The Balaban J connectivity index is 1.45. The normalized spacial score (nSPS) is 19.3. The van der Waals surface area contributed by atoms with Crippen LogP contribution in [0.15, 0.2) is 53.6 Å². The number of pyridine rings is 1. The molecular formula is C21H20FN3O2. The van der Waals surface area contributed by atoms with E-state index in [-0.39, 0.29) is 23.7 Å². The molecule has 0 radical (unpaired) electrons. The van der Waals surface area contributed by atoms with E-state index in [2.05, 4.69) is 10.3 Å². The number of hydrogen-bond donors (Lipinski definition) is 1. The Morgan fingerprint density at radius 2 is 2.07 bits per heavy atom. The molecule has 1 N–H and O–H groups in total. The van der Waals surface area contributed by atoms with Crippen molar-refractivity contribution >= 4 is 17.5 Å². The molecule has 1 unspecified atom stereocenters. The zero-order valence-electron chi connectivity index (χ0n) is 15.0. The summed E-state index contributed by atoms with van der Waals surface area (Å²) in [6, 6.07) is 11.3. The largest absolute Gasteiger partial charge is 0.348 e. The molecule has 1 aromatic carbocycles. The van der Waals surface area contributed by atoms with Gasteiger partial charge in [-0.15, -0.1) is 0 Å². The summed E-state index contributed by atoms with van der Waals surface area (Å²) in [4.78, 5) is 31.1. The third kappa shape index (κ3) is 3.47. The van der Waals surface area contributed by atoms with E-state index in [1.165, 1.54) is 12.1 Å². The molecule has 1 aliphatic heterocycles. The third-order valence-electron chi connectivity index (χ3n) is 5.10. The van der Waals surface area contributed by atoms with E-state index < -0.39 is 0 Å². The van der Waals surface area contributed by atoms with E-state index in [4.69, 9.17) is 0 Å². The van der Waals surface area contributed by atoms with E-state index in [0.717, 1.165) is 29.7 Å². The van der Waals surface area contributed by atoms with Crippen LogP contribution in [-0.2, 0) is 4.79 Å². The number of nitrogens with zero attached hydrogens (tertiary/aromatic N) is 2. The van der Waals surface area contributed by atoms with E-state index in [9.17, 15) is 14.0 Å². The summed E-state index contributed by atoms with van der Waals surface area (Å²) in [5.41, 5.74) is 3.57. The van der Waals surface area contributed by atoms with Gasteiger partial charge in [0.25, 0.3) is 11.8 Å². The molecule has 2 aliphatic rings. The zero-order chi connectivity index (χ0) is 19.0. The standard InChI is InChI=1S/C21H20FN3O2/c1-13-4-2-7-19(23-13)20(26)24-16-9-8-14-12-25(21(27)18(14)11-16)17-6-3-5-15(22)10-17/h2-7,10,16H,8-9,11-12H2,1H3,(H,24,26). The van der Waals surface area contributed by atoms with Crippen molar-refractivity contribution in [1.29, 1.82) is 0 Å². The molecule has 2 heterocycles. The molecule has 0 bridgehead atoms. The predicted molar refractivity (Wildman–Crippen MR) is 99.9 cm³/mol. The van der Waals surface area contributed by atoms with Crippen LogP contribution in [0.1, 0.15) is 35.4 Å². The Morgan fingerprint density at radius 3 is 2.85 bits per heavy atom. The van der Waals surface area contributed by atoms with Gasteiger partial charge in [-0.2, -0.15) is 0 Å². The van der Waals surface area contributed by atoms with Crippen molar-refractivity contribution in [2.45, 2.75) is 32.2 Å². The number of anilines is 1. The van der Waals surface area contributed by atoms with Crippen molar-refractivity contribution in [2.75, 3.05) is 11.4 Å². The van der Waals surface area contributed by atoms with Gasteiger partial charge in [-0.05, 0) is 62.1 Å². The average molecular weight is 365 g/mol. The Morgan fingerprint density at radius 1 is 1.26 bits per heavy atom. The predicted octanol–water partition coefficient (Wildman–Crippen LogP) is 3.15. The fraction of sp³-hybridized carbons (Fsp3) is 0.286. The van der Waals surface area contributed by atoms with Gasteiger partial charge in [-0.3, -0.25) is 9.59 Å². The van der Waals surface area contributed by atoms with Crippen LogP contribution in [0.5, 0.6) is 0 Å². The Hall–Kier alpha value is -3.02. The molecule has 1 atom stereocenters. The van der Waals surface area contributed by atoms with Crippen molar-refractivity contribution in [1.82, 2.24) is 10.3 Å². The fourth-order valence-electron chi connectivity index (χ4n) is 3.74. The highest BCUT2D eigenvalue weighted by Crippen LogP contribution is 2.35. The maximum absolute atomic E-state index is 13.5. The van der Waals surface area contributed by atoms with Gasteiger partial charge in [0.2, 0.25) is 0 Å². The van der Waals surface area contributed by atoms with Crippen LogP contribution >= 0.6 is 0 Å². The van der Waals surface area contributed by atoms with Crippen molar-refractivity contribution in [2.24, 2.45) is 0 Å². The molecule has 6 heteroatoms. The average Bonchev–Trinajstić information content (AvgIpc) is 2.98. The summed E-state index contributed by atoms with van der Waals surface area (Å²) in [6.07, 6.45) is 2.03. The summed E-state index contributed by atoms with van der Waals surface area (Å²) in [7, 11) is 0. The molecule has 1 aromatic heterocycles. The van der Waals surface area contributed by atoms with E-state index in [1.54, 1.807) is 29.2 Å². The van der Waals surface area contributed by atoms with Crippen LogP contribution in [0.3, 0.4) is 0 Å². The van der Waals surface area contributed by atoms with Gasteiger partial charge < -0.3 is 10.2 Å². The molecule has 5 nitrogen and oxygen atoms in total. The zero-order valence-corrected chi connectivity index (χ0v) is 15.0. The maximum atomic E-state index is 13.5. The summed E-state index contributed by atoms with van der Waals surface area (Å²) < 4.78 is 13.5. The van der Waals surface area contributed by atoms with Crippen molar-refractivity contribution in [3.8, 4) is 0 Å². The van der Waals surface area contributed by atoms with Crippen LogP contribution in [0.2, 0.25) is 0 Å². The molecule has 2 aromatic rings. The topological polar surface area (TPSA) is 62.3 Å². The van der Waals surface area contributed by atoms with Gasteiger partial charge in [0, 0.05) is 29.5 Å². The first-order chi connectivity index (χ1) is 13.0. The van der Waals surface area contributed by atoms with Gasteiger partial charge in [0.05, 0.1) is 0 Å². The molecule has 0 saturated heterocycles. The van der Waals surface area contributed by atoms with E-state index in [1.807, 2.05) is 13.0 Å².